The van der Waals surface area contributed by atoms with Crippen molar-refractivity contribution in [1.82, 2.24) is 16.0 Å². The first-order valence-corrected chi connectivity index (χ1v) is 9.77. The lowest BCUT2D eigenvalue weighted by Crippen LogP contribution is -2.57. The Morgan fingerprint density at radius 1 is 0.906 bits per heavy atom. The molecule has 176 valence electrons. The summed E-state index contributed by atoms with van der Waals surface area (Å²) in [5, 5.41) is 34.7. The predicted molar refractivity (Wildman–Crippen MR) is 111 cm³/mol. The molecule has 12 heteroatoms. The lowest BCUT2D eigenvalue weighted by molar-refractivity contribution is -0.144. The maximum Gasteiger partial charge on any atom is 0.326 e. The summed E-state index contributed by atoms with van der Waals surface area (Å²) in [5.74, 6) is -5.64. The Bertz CT molecular complexity index is 841. The van der Waals surface area contributed by atoms with Crippen LogP contribution < -0.4 is 21.7 Å². The van der Waals surface area contributed by atoms with E-state index in [0.29, 0.717) is 5.56 Å². The molecule has 0 saturated carbocycles. The minimum absolute atomic E-state index is 0.0180. The summed E-state index contributed by atoms with van der Waals surface area (Å²) in [6, 6.07) is 1.73. The zero-order valence-corrected chi connectivity index (χ0v) is 17.7. The molecule has 0 aliphatic heterocycles. The Morgan fingerprint density at radius 2 is 1.47 bits per heavy atom. The number of phenols is 1. The van der Waals surface area contributed by atoms with Crippen molar-refractivity contribution in [2.75, 3.05) is 6.54 Å². The molecule has 3 atom stereocenters. The molecule has 1 rings (SSSR count). The van der Waals surface area contributed by atoms with Crippen molar-refractivity contribution >= 4 is 29.7 Å². The van der Waals surface area contributed by atoms with Gasteiger partial charge in [0.1, 0.15) is 23.9 Å². The molecular formula is C20H28N4O8. The first-order chi connectivity index (χ1) is 14.9. The Labute approximate surface area is 184 Å². The minimum atomic E-state index is -1.50. The third kappa shape index (κ3) is 8.60. The molecule has 1 aromatic rings. The van der Waals surface area contributed by atoms with E-state index in [2.05, 4.69) is 16.0 Å². The van der Waals surface area contributed by atoms with Gasteiger partial charge in [-0.25, -0.2) is 4.79 Å². The molecular weight excluding hydrogens is 424 g/mol. The molecule has 0 aromatic heterocycles. The third-order valence-electron chi connectivity index (χ3n) is 4.46. The Balaban J connectivity index is 3.13. The standard InChI is InChI=1S/C20H28N4O8/c1-10(2)17(20(31)32)24-19(30)13(7-11-3-5-12(25)6-4-11)23-18(29)14(8-16(27)28)22-15(26)9-21/h3-6,10,13-14,17,25H,7-9,21H2,1-2H3,(H,22,26)(H,23,29)(H,24,30)(H,27,28)(H,31,32). The van der Waals surface area contributed by atoms with Gasteiger partial charge in [0.05, 0.1) is 13.0 Å². The molecule has 3 amide bonds. The average molecular weight is 452 g/mol. The van der Waals surface area contributed by atoms with Crippen LogP contribution in [0.1, 0.15) is 25.8 Å². The van der Waals surface area contributed by atoms with E-state index < -0.39 is 66.7 Å². The van der Waals surface area contributed by atoms with Gasteiger partial charge in [0.2, 0.25) is 17.7 Å². The predicted octanol–water partition coefficient (Wildman–Crippen LogP) is -1.44. The van der Waals surface area contributed by atoms with Crippen LogP contribution in [0.25, 0.3) is 0 Å². The van der Waals surface area contributed by atoms with Crippen LogP contribution in [0.2, 0.25) is 0 Å². The largest absolute Gasteiger partial charge is 0.508 e. The van der Waals surface area contributed by atoms with Crippen LogP contribution in [-0.2, 0) is 30.4 Å². The van der Waals surface area contributed by atoms with Crippen LogP contribution in [0.4, 0.5) is 0 Å². The number of carboxylic acids is 2. The number of aromatic hydroxyl groups is 1. The van der Waals surface area contributed by atoms with Crippen LogP contribution in [0, 0.1) is 5.92 Å². The van der Waals surface area contributed by atoms with Crippen LogP contribution in [-0.4, -0.2) is 69.7 Å². The van der Waals surface area contributed by atoms with E-state index in [9.17, 15) is 34.2 Å². The first kappa shape index (κ1) is 26.4. The Morgan fingerprint density at radius 3 is 1.94 bits per heavy atom. The van der Waals surface area contributed by atoms with Crippen molar-refractivity contribution in [3.63, 3.8) is 0 Å². The van der Waals surface area contributed by atoms with Crippen molar-refractivity contribution < 1.29 is 39.3 Å². The molecule has 0 spiro atoms. The van der Waals surface area contributed by atoms with Crippen LogP contribution in [0.5, 0.6) is 5.75 Å². The summed E-state index contributed by atoms with van der Waals surface area (Å²) in [7, 11) is 0. The zero-order valence-electron chi connectivity index (χ0n) is 17.7. The summed E-state index contributed by atoms with van der Waals surface area (Å²) >= 11 is 0. The fraction of sp³-hybridized carbons (Fsp3) is 0.450. The van der Waals surface area contributed by atoms with Gasteiger partial charge in [0.25, 0.3) is 0 Å². The van der Waals surface area contributed by atoms with E-state index >= 15 is 0 Å². The van der Waals surface area contributed by atoms with E-state index in [4.69, 9.17) is 10.8 Å². The summed E-state index contributed by atoms with van der Waals surface area (Å²) in [6.45, 7) is 2.71. The fourth-order valence-corrected chi connectivity index (χ4v) is 2.75. The Hall–Kier alpha value is -3.67. The second kappa shape index (κ2) is 12.2. The highest BCUT2D eigenvalue weighted by molar-refractivity contribution is 5.95. The molecule has 32 heavy (non-hydrogen) atoms. The minimum Gasteiger partial charge on any atom is -0.508 e. The van der Waals surface area contributed by atoms with Gasteiger partial charge in [-0.3, -0.25) is 19.2 Å². The summed E-state index contributed by atoms with van der Waals surface area (Å²) in [6.07, 6.45) is -0.845. The van der Waals surface area contributed by atoms with Gasteiger partial charge >= 0.3 is 11.9 Å². The first-order valence-electron chi connectivity index (χ1n) is 9.77. The van der Waals surface area contributed by atoms with Crippen LogP contribution >= 0.6 is 0 Å². The highest BCUT2D eigenvalue weighted by Crippen LogP contribution is 2.12. The smallest absolute Gasteiger partial charge is 0.326 e. The molecule has 0 heterocycles. The fourth-order valence-electron chi connectivity index (χ4n) is 2.75. The molecule has 12 nitrogen and oxygen atoms in total. The monoisotopic (exact) mass is 452 g/mol. The average Bonchev–Trinajstić information content (AvgIpc) is 2.71. The number of carbonyl (C=O) groups excluding carboxylic acids is 3. The maximum absolute atomic E-state index is 12.8. The summed E-state index contributed by atoms with van der Waals surface area (Å²) in [5.41, 5.74) is 5.72. The van der Waals surface area contributed by atoms with Gasteiger partial charge in [-0.05, 0) is 23.6 Å². The van der Waals surface area contributed by atoms with Gasteiger partial charge in [-0.2, -0.15) is 0 Å². The number of carboxylic acid groups (broad SMARTS) is 2. The van der Waals surface area contributed by atoms with Gasteiger partial charge in [-0.1, -0.05) is 26.0 Å². The number of benzene rings is 1. The van der Waals surface area contributed by atoms with E-state index in [1.54, 1.807) is 13.8 Å². The van der Waals surface area contributed by atoms with Crippen LogP contribution in [0.15, 0.2) is 24.3 Å². The molecule has 0 aliphatic carbocycles. The van der Waals surface area contributed by atoms with Crippen molar-refractivity contribution in [1.29, 1.82) is 0 Å². The number of phenolic OH excluding ortho intramolecular Hbond substituents is 1. The van der Waals surface area contributed by atoms with Crippen molar-refractivity contribution in [3.8, 4) is 5.75 Å². The van der Waals surface area contributed by atoms with E-state index in [0.717, 1.165) is 0 Å². The molecule has 0 saturated heterocycles. The molecule has 1 aromatic carbocycles. The molecule has 0 bridgehead atoms. The lowest BCUT2D eigenvalue weighted by atomic mass is 10.0. The zero-order chi connectivity index (χ0) is 24.4. The highest BCUT2D eigenvalue weighted by Gasteiger charge is 2.31. The second-order valence-electron chi connectivity index (χ2n) is 7.42. The van der Waals surface area contributed by atoms with Gasteiger partial charge in [-0.15, -0.1) is 0 Å². The van der Waals surface area contributed by atoms with Gasteiger partial charge in [0, 0.05) is 6.42 Å². The number of hydrogen-bond acceptors (Lipinski definition) is 7. The van der Waals surface area contributed by atoms with Crippen molar-refractivity contribution in [2.45, 2.75) is 44.8 Å². The second-order valence-corrected chi connectivity index (χ2v) is 7.42. The normalized spacial score (nSPS) is 13.5. The van der Waals surface area contributed by atoms with Crippen molar-refractivity contribution in [2.24, 2.45) is 11.7 Å². The Kier molecular flexibility index (Phi) is 10.1. The number of nitrogens with one attached hydrogen (secondary N) is 3. The van der Waals surface area contributed by atoms with E-state index in [1.165, 1.54) is 24.3 Å². The maximum atomic E-state index is 12.8. The number of amides is 3. The lowest BCUT2D eigenvalue weighted by Gasteiger charge is -2.25. The summed E-state index contributed by atoms with van der Waals surface area (Å²) < 4.78 is 0. The number of hydrogen-bond donors (Lipinski definition) is 7. The summed E-state index contributed by atoms with van der Waals surface area (Å²) in [4.78, 5) is 59.6. The number of aliphatic carboxylic acids is 2. The van der Waals surface area contributed by atoms with Crippen molar-refractivity contribution in [3.05, 3.63) is 29.8 Å². The van der Waals surface area contributed by atoms with E-state index in [1.807, 2.05) is 0 Å². The third-order valence-corrected chi connectivity index (χ3v) is 4.46. The number of carbonyl (C=O) groups is 5. The quantitative estimate of drug-likeness (QED) is 0.198. The SMILES string of the molecule is CC(C)C(NC(=O)C(Cc1ccc(O)cc1)NC(=O)C(CC(=O)O)NC(=O)CN)C(=O)O. The topological polar surface area (TPSA) is 208 Å². The van der Waals surface area contributed by atoms with Gasteiger partial charge in [0.15, 0.2) is 0 Å². The van der Waals surface area contributed by atoms with Crippen LogP contribution in [0.3, 0.4) is 0 Å². The van der Waals surface area contributed by atoms with Gasteiger partial charge < -0.3 is 37.0 Å². The molecule has 8 N–H and O–H groups in total. The molecule has 3 unspecified atom stereocenters. The highest BCUT2D eigenvalue weighted by atomic mass is 16.4. The molecule has 0 fully saturated rings. The number of nitrogens with two attached hydrogens (primary N) is 1. The van der Waals surface area contributed by atoms with E-state index in [-0.39, 0.29) is 12.2 Å². The molecule has 0 radical (unpaired) electrons. The molecule has 0 aliphatic rings. The number of rotatable bonds is 12.